The quantitative estimate of drug-likeness (QED) is 0.847. The Kier molecular flexibility index (Phi) is 3.38. The summed E-state index contributed by atoms with van der Waals surface area (Å²) in [6.07, 6.45) is 0.881. The molecule has 17 heavy (non-hydrogen) atoms. The molecule has 1 aromatic carbocycles. The van der Waals surface area contributed by atoms with Crippen molar-refractivity contribution in [1.29, 1.82) is 0 Å². The average molecular weight is 240 g/mol. The van der Waals surface area contributed by atoms with Gasteiger partial charge in [0.1, 0.15) is 0 Å². The van der Waals surface area contributed by atoms with E-state index < -0.39 is 11.6 Å². The highest BCUT2D eigenvalue weighted by atomic mass is 19.2. The minimum Gasteiger partial charge on any atom is -0.337 e. The molecule has 1 aliphatic heterocycles. The third-order valence-electron chi connectivity index (χ3n) is 3.07. The van der Waals surface area contributed by atoms with Crippen molar-refractivity contribution in [1.82, 2.24) is 10.2 Å². The van der Waals surface area contributed by atoms with E-state index in [2.05, 4.69) is 5.32 Å². The highest BCUT2D eigenvalue weighted by Crippen LogP contribution is 2.14. The smallest absolute Gasteiger partial charge is 0.253 e. The first-order chi connectivity index (χ1) is 8.09. The molecule has 1 heterocycles. The Morgan fingerprint density at radius 3 is 2.76 bits per heavy atom. The van der Waals surface area contributed by atoms with Gasteiger partial charge in [0.25, 0.3) is 5.91 Å². The van der Waals surface area contributed by atoms with E-state index in [9.17, 15) is 13.6 Å². The van der Waals surface area contributed by atoms with Crippen molar-refractivity contribution < 1.29 is 13.6 Å². The molecule has 0 aliphatic carbocycles. The lowest BCUT2D eigenvalue weighted by molar-refractivity contribution is 0.0743. The highest BCUT2D eigenvalue weighted by molar-refractivity contribution is 5.94. The Bertz CT molecular complexity index is 431. The van der Waals surface area contributed by atoms with Gasteiger partial charge in [0.2, 0.25) is 0 Å². The number of nitrogens with one attached hydrogen (secondary N) is 1. The molecular weight excluding hydrogens is 226 g/mol. The van der Waals surface area contributed by atoms with Crippen LogP contribution in [-0.2, 0) is 0 Å². The van der Waals surface area contributed by atoms with Gasteiger partial charge in [-0.1, -0.05) is 0 Å². The molecule has 1 amide bonds. The van der Waals surface area contributed by atoms with Crippen LogP contribution in [0.2, 0.25) is 0 Å². The van der Waals surface area contributed by atoms with Crippen molar-refractivity contribution in [3.63, 3.8) is 0 Å². The monoisotopic (exact) mass is 240 g/mol. The maximum absolute atomic E-state index is 13.0. The minimum atomic E-state index is -0.992. The Balaban J connectivity index is 2.15. The second-order valence-corrected chi connectivity index (χ2v) is 4.19. The van der Waals surface area contributed by atoms with E-state index in [1.54, 1.807) is 11.9 Å². The van der Waals surface area contributed by atoms with E-state index in [-0.39, 0.29) is 17.5 Å². The molecule has 92 valence electrons. The topological polar surface area (TPSA) is 32.3 Å². The Morgan fingerprint density at radius 1 is 1.41 bits per heavy atom. The average Bonchev–Trinajstić information content (AvgIpc) is 2.84. The molecule has 1 atom stereocenters. The van der Waals surface area contributed by atoms with Crippen molar-refractivity contribution in [2.45, 2.75) is 12.5 Å². The van der Waals surface area contributed by atoms with Gasteiger partial charge < -0.3 is 10.2 Å². The molecule has 1 aromatic rings. The Morgan fingerprint density at radius 2 is 2.18 bits per heavy atom. The van der Waals surface area contributed by atoms with Gasteiger partial charge in [-0.05, 0) is 31.2 Å². The number of halogens is 2. The molecule has 2 rings (SSSR count). The molecule has 0 radical (unpaired) electrons. The molecule has 0 saturated carbocycles. The number of rotatable bonds is 2. The van der Waals surface area contributed by atoms with E-state index in [0.29, 0.717) is 0 Å². The van der Waals surface area contributed by atoms with Crippen molar-refractivity contribution >= 4 is 5.91 Å². The van der Waals surface area contributed by atoms with E-state index in [1.807, 2.05) is 0 Å². The predicted molar refractivity (Wildman–Crippen MR) is 59.7 cm³/mol. The van der Waals surface area contributed by atoms with Crippen LogP contribution < -0.4 is 5.32 Å². The maximum Gasteiger partial charge on any atom is 0.253 e. The number of carbonyl (C=O) groups excluding carboxylic acids is 1. The van der Waals surface area contributed by atoms with E-state index >= 15 is 0 Å². The molecular formula is C12H14F2N2O. The van der Waals surface area contributed by atoms with Crippen molar-refractivity contribution in [3.8, 4) is 0 Å². The van der Waals surface area contributed by atoms with Crippen molar-refractivity contribution in [2.24, 2.45) is 0 Å². The fourth-order valence-corrected chi connectivity index (χ4v) is 1.97. The molecule has 0 spiro atoms. The zero-order chi connectivity index (χ0) is 12.4. The zero-order valence-corrected chi connectivity index (χ0v) is 9.54. The number of benzene rings is 1. The zero-order valence-electron chi connectivity index (χ0n) is 9.54. The second-order valence-electron chi connectivity index (χ2n) is 4.19. The first-order valence-corrected chi connectivity index (χ1v) is 5.52. The summed E-state index contributed by atoms with van der Waals surface area (Å²) in [6.45, 7) is 1.62. The van der Waals surface area contributed by atoms with Crippen LogP contribution in [0.5, 0.6) is 0 Å². The van der Waals surface area contributed by atoms with Gasteiger partial charge in [-0.25, -0.2) is 8.78 Å². The summed E-state index contributed by atoms with van der Waals surface area (Å²) in [5, 5.41) is 3.15. The van der Waals surface area contributed by atoms with Crippen LogP contribution >= 0.6 is 0 Å². The molecule has 0 bridgehead atoms. The summed E-state index contributed by atoms with van der Waals surface area (Å²) in [6, 6.07) is 3.34. The molecule has 1 N–H and O–H groups in total. The predicted octanol–water partition coefficient (Wildman–Crippen LogP) is 1.40. The van der Waals surface area contributed by atoms with Gasteiger partial charge in [-0.3, -0.25) is 4.79 Å². The fourth-order valence-electron chi connectivity index (χ4n) is 1.97. The molecule has 0 unspecified atom stereocenters. The fraction of sp³-hybridized carbons (Fsp3) is 0.417. The third-order valence-corrected chi connectivity index (χ3v) is 3.07. The van der Waals surface area contributed by atoms with Crippen molar-refractivity contribution in [3.05, 3.63) is 35.4 Å². The van der Waals surface area contributed by atoms with Crippen LogP contribution in [0, 0.1) is 11.6 Å². The number of likely N-dealkylation sites (N-methyl/N-ethyl adjacent to an activating group) is 1. The summed E-state index contributed by atoms with van der Waals surface area (Å²) in [5.74, 6) is -2.21. The molecule has 0 aromatic heterocycles. The molecule has 1 aliphatic rings. The summed E-state index contributed by atoms with van der Waals surface area (Å²) in [7, 11) is 1.68. The minimum absolute atomic E-state index is 0.121. The first kappa shape index (κ1) is 12.0. The molecule has 3 nitrogen and oxygen atoms in total. The van der Waals surface area contributed by atoms with Gasteiger partial charge in [-0.2, -0.15) is 0 Å². The van der Waals surface area contributed by atoms with Gasteiger partial charge >= 0.3 is 0 Å². The number of amides is 1. The van der Waals surface area contributed by atoms with E-state index in [1.165, 1.54) is 6.07 Å². The van der Waals surface area contributed by atoms with Gasteiger partial charge in [0.05, 0.1) is 0 Å². The number of nitrogens with zero attached hydrogens (tertiary/aromatic N) is 1. The highest BCUT2D eigenvalue weighted by Gasteiger charge is 2.24. The summed E-state index contributed by atoms with van der Waals surface area (Å²) >= 11 is 0. The lowest BCUT2D eigenvalue weighted by Crippen LogP contribution is -2.38. The Hall–Kier alpha value is -1.49. The van der Waals surface area contributed by atoms with Crippen LogP contribution in [-0.4, -0.2) is 37.0 Å². The van der Waals surface area contributed by atoms with Gasteiger partial charge in [0.15, 0.2) is 11.6 Å². The summed E-state index contributed by atoms with van der Waals surface area (Å²) in [4.78, 5) is 13.6. The van der Waals surface area contributed by atoms with Crippen LogP contribution in [0.25, 0.3) is 0 Å². The van der Waals surface area contributed by atoms with Crippen LogP contribution in [0.4, 0.5) is 8.78 Å². The van der Waals surface area contributed by atoms with E-state index in [0.717, 1.165) is 31.6 Å². The third kappa shape index (κ3) is 2.44. The summed E-state index contributed by atoms with van der Waals surface area (Å²) in [5.41, 5.74) is 0.179. The SMILES string of the molecule is CN(C(=O)c1ccc(F)c(F)c1)[C@@H]1CCNC1. The van der Waals surface area contributed by atoms with Crippen molar-refractivity contribution in [2.75, 3.05) is 20.1 Å². The maximum atomic E-state index is 13.0. The number of hydrogen-bond acceptors (Lipinski definition) is 2. The number of hydrogen-bond donors (Lipinski definition) is 1. The van der Waals surface area contributed by atoms with Crippen LogP contribution in [0.15, 0.2) is 18.2 Å². The first-order valence-electron chi connectivity index (χ1n) is 5.52. The molecule has 5 heteroatoms. The summed E-state index contributed by atoms with van der Waals surface area (Å²) < 4.78 is 25.8. The Labute approximate surface area is 98.4 Å². The standard InChI is InChI=1S/C12H14F2N2O/c1-16(9-4-5-15-7-9)12(17)8-2-3-10(13)11(14)6-8/h2-3,6,9,15H,4-5,7H2,1H3/t9-/m1/s1. The molecule has 1 saturated heterocycles. The van der Waals surface area contributed by atoms with Gasteiger partial charge in [0, 0.05) is 25.2 Å². The second kappa shape index (κ2) is 4.79. The lowest BCUT2D eigenvalue weighted by atomic mass is 10.1. The largest absolute Gasteiger partial charge is 0.337 e. The molecule has 1 fully saturated rings. The van der Waals surface area contributed by atoms with Gasteiger partial charge in [-0.15, -0.1) is 0 Å². The van der Waals surface area contributed by atoms with Crippen LogP contribution in [0.3, 0.4) is 0 Å². The lowest BCUT2D eigenvalue weighted by Gasteiger charge is -2.23. The normalized spacial score (nSPS) is 19.4. The van der Waals surface area contributed by atoms with Crippen LogP contribution in [0.1, 0.15) is 16.8 Å². The van der Waals surface area contributed by atoms with E-state index in [4.69, 9.17) is 0 Å². The number of carbonyl (C=O) groups is 1.